The third-order valence-electron chi connectivity index (χ3n) is 1.81. The normalized spacial score (nSPS) is 9.94. The van der Waals surface area contributed by atoms with Crippen molar-refractivity contribution < 1.29 is 13.9 Å². The van der Waals surface area contributed by atoms with Gasteiger partial charge in [-0.1, -0.05) is 15.9 Å². The van der Waals surface area contributed by atoms with E-state index in [2.05, 4.69) is 15.9 Å². The molecule has 1 rings (SSSR count). The summed E-state index contributed by atoms with van der Waals surface area (Å²) < 4.78 is 18.8. The molecule has 1 amide bonds. The summed E-state index contributed by atoms with van der Waals surface area (Å²) in [7, 11) is 0. The Morgan fingerprint density at radius 2 is 2.25 bits per heavy atom. The van der Waals surface area contributed by atoms with Gasteiger partial charge in [-0.25, -0.2) is 10.2 Å². The number of ether oxygens (including phenoxy) is 1. The third-order valence-corrected chi connectivity index (χ3v) is 2.27. The molecule has 1 aromatic rings. The van der Waals surface area contributed by atoms with E-state index in [0.717, 1.165) is 0 Å². The first-order valence-electron chi connectivity index (χ1n) is 4.70. The SMILES string of the molecule is NNC(=O)CCCOc1cc(F)cc(Br)c1. The van der Waals surface area contributed by atoms with Gasteiger partial charge in [0.25, 0.3) is 0 Å². The molecule has 0 aliphatic heterocycles. The van der Waals surface area contributed by atoms with Crippen LogP contribution in [0.2, 0.25) is 0 Å². The summed E-state index contributed by atoms with van der Waals surface area (Å²) in [5.74, 6) is 4.72. The average Bonchev–Trinajstić information content (AvgIpc) is 2.22. The van der Waals surface area contributed by atoms with E-state index in [4.69, 9.17) is 10.6 Å². The summed E-state index contributed by atoms with van der Waals surface area (Å²) in [5, 5.41) is 0. The molecule has 0 saturated carbocycles. The number of rotatable bonds is 5. The van der Waals surface area contributed by atoms with Crippen LogP contribution in [0.1, 0.15) is 12.8 Å². The largest absolute Gasteiger partial charge is 0.493 e. The van der Waals surface area contributed by atoms with Crippen LogP contribution in [0.15, 0.2) is 22.7 Å². The number of benzene rings is 1. The van der Waals surface area contributed by atoms with Gasteiger partial charge in [0, 0.05) is 17.0 Å². The summed E-state index contributed by atoms with van der Waals surface area (Å²) in [4.78, 5) is 10.8. The molecule has 0 aliphatic rings. The van der Waals surface area contributed by atoms with Crippen LogP contribution in [-0.4, -0.2) is 12.5 Å². The second-order valence-corrected chi connectivity index (χ2v) is 4.04. The minimum absolute atomic E-state index is 0.246. The van der Waals surface area contributed by atoms with Crippen LogP contribution in [0, 0.1) is 5.82 Å². The standard InChI is InChI=1S/C10H12BrFN2O2/c11-7-4-8(12)6-9(5-7)16-3-1-2-10(15)14-13/h4-6H,1-3,13H2,(H,14,15). The summed E-state index contributed by atoms with van der Waals surface area (Å²) in [6.45, 7) is 0.337. The van der Waals surface area contributed by atoms with E-state index >= 15 is 0 Å². The molecule has 4 nitrogen and oxygen atoms in total. The van der Waals surface area contributed by atoms with Gasteiger partial charge in [-0.3, -0.25) is 10.2 Å². The minimum atomic E-state index is -0.371. The summed E-state index contributed by atoms with van der Waals surface area (Å²) in [5.41, 5.74) is 2.02. The molecule has 16 heavy (non-hydrogen) atoms. The zero-order valence-corrected chi connectivity index (χ0v) is 10.1. The fraction of sp³-hybridized carbons (Fsp3) is 0.300. The molecule has 0 atom stereocenters. The van der Waals surface area contributed by atoms with Crippen LogP contribution in [-0.2, 0) is 4.79 Å². The van der Waals surface area contributed by atoms with Crippen LogP contribution in [0.3, 0.4) is 0 Å². The van der Waals surface area contributed by atoms with E-state index in [-0.39, 0.29) is 18.1 Å². The number of nitrogens with two attached hydrogens (primary N) is 1. The van der Waals surface area contributed by atoms with E-state index in [9.17, 15) is 9.18 Å². The number of hydrogen-bond donors (Lipinski definition) is 2. The number of hydrazine groups is 1. The number of amides is 1. The molecule has 88 valence electrons. The number of carbonyl (C=O) groups excluding carboxylic acids is 1. The number of carbonyl (C=O) groups is 1. The Kier molecular flexibility index (Phi) is 5.21. The predicted octanol–water partition coefficient (Wildman–Crippen LogP) is 1.74. The lowest BCUT2D eigenvalue weighted by Gasteiger charge is -2.06. The van der Waals surface area contributed by atoms with Gasteiger partial charge in [0.2, 0.25) is 5.91 Å². The lowest BCUT2D eigenvalue weighted by atomic mass is 10.3. The van der Waals surface area contributed by atoms with Gasteiger partial charge >= 0.3 is 0 Å². The molecule has 0 heterocycles. The Morgan fingerprint density at radius 3 is 2.88 bits per heavy atom. The lowest BCUT2D eigenvalue weighted by Crippen LogP contribution is -2.29. The molecule has 0 radical (unpaired) electrons. The van der Waals surface area contributed by atoms with Gasteiger partial charge < -0.3 is 4.74 Å². The molecule has 0 aliphatic carbocycles. The van der Waals surface area contributed by atoms with Crippen molar-refractivity contribution in [2.75, 3.05) is 6.61 Å². The van der Waals surface area contributed by atoms with Gasteiger partial charge in [-0.05, 0) is 18.6 Å². The van der Waals surface area contributed by atoms with Crippen LogP contribution >= 0.6 is 15.9 Å². The molecule has 0 saturated heterocycles. The molecular weight excluding hydrogens is 279 g/mol. The maximum atomic E-state index is 12.9. The van der Waals surface area contributed by atoms with Crippen molar-refractivity contribution >= 4 is 21.8 Å². The van der Waals surface area contributed by atoms with Gasteiger partial charge in [0.05, 0.1) is 6.61 Å². The van der Waals surface area contributed by atoms with E-state index in [0.29, 0.717) is 23.2 Å². The highest BCUT2D eigenvalue weighted by molar-refractivity contribution is 9.10. The van der Waals surface area contributed by atoms with Crippen LogP contribution in [0.5, 0.6) is 5.75 Å². The number of hydrogen-bond acceptors (Lipinski definition) is 3. The highest BCUT2D eigenvalue weighted by atomic mass is 79.9. The molecule has 0 fully saturated rings. The smallest absolute Gasteiger partial charge is 0.234 e. The number of halogens is 2. The average molecular weight is 291 g/mol. The summed E-state index contributed by atoms with van der Waals surface area (Å²) in [6.07, 6.45) is 0.810. The van der Waals surface area contributed by atoms with E-state index in [1.54, 1.807) is 6.07 Å². The molecule has 0 spiro atoms. The zero-order valence-electron chi connectivity index (χ0n) is 8.50. The van der Waals surface area contributed by atoms with Crippen molar-refractivity contribution in [3.63, 3.8) is 0 Å². The summed E-state index contributed by atoms with van der Waals surface area (Å²) >= 11 is 3.16. The Labute approximate surface area is 101 Å². The van der Waals surface area contributed by atoms with Crippen molar-refractivity contribution in [1.82, 2.24) is 5.43 Å². The Bertz CT molecular complexity index is 354. The van der Waals surface area contributed by atoms with Crippen molar-refractivity contribution in [2.45, 2.75) is 12.8 Å². The van der Waals surface area contributed by atoms with E-state index in [1.165, 1.54) is 12.1 Å². The maximum Gasteiger partial charge on any atom is 0.234 e. The van der Waals surface area contributed by atoms with Gasteiger partial charge in [0.15, 0.2) is 0 Å². The zero-order chi connectivity index (χ0) is 12.0. The predicted molar refractivity (Wildman–Crippen MR) is 61.2 cm³/mol. The minimum Gasteiger partial charge on any atom is -0.493 e. The second-order valence-electron chi connectivity index (χ2n) is 3.12. The van der Waals surface area contributed by atoms with Crippen LogP contribution < -0.4 is 16.0 Å². The molecule has 0 bridgehead atoms. The van der Waals surface area contributed by atoms with E-state index in [1.807, 2.05) is 5.43 Å². The van der Waals surface area contributed by atoms with Gasteiger partial charge in [0.1, 0.15) is 11.6 Å². The molecular formula is C10H12BrFN2O2. The molecule has 6 heteroatoms. The Balaban J connectivity index is 2.34. The van der Waals surface area contributed by atoms with Crippen LogP contribution in [0.4, 0.5) is 4.39 Å². The topological polar surface area (TPSA) is 64.3 Å². The first-order valence-corrected chi connectivity index (χ1v) is 5.49. The van der Waals surface area contributed by atoms with Gasteiger partial charge in [-0.2, -0.15) is 0 Å². The monoisotopic (exact) mass is 290 g/mol. The van der Waals surface area contributed by atoms with Crippen molar-refractivity contribution in [3.05, 3.63) is 28.5 Å². The van der Waals surface area contributed by atoms with Gasteiger partial charge in [-0.15, -0.1) is 0 Å². The highest BCUT2D eigenvalue weighted by Crippen LogP contribution is 2.20. The Morgan fingerprint density at radius 1 is 1.50 bits per heavy atom. The molecule has 3 N–H and O–H groups in total. The van der Waals surface area contributed by atoms with Crippen molar-refractivity contribution in [3.8, 4) is 5.75 Å². The first kappa shape index (κ1) is 12.9. The van der Waals surface area contributed by atoms with Crippen molar-refractivity contribution in [2.24, 2.45) is 5.84 Å². The quantitative estimate of drug-likeness (QED) is 0.376. The summed E-state index contributed by atoms with van der Waals surface area (Å²) in [6, 6.07) is 4.29. The highest BCUT2D eigenvalue weighted by Gasteiger charge is 2.01. The molecule has 0 aromatic heterocycles. The maximum absolute atomic E-state index is 12.9. The molecule has 0 unspecified atom stereocenters. The lowest BCUT2D eigenvalue weighted by molar-refractivity contribution is -0.121. The van der Waals surface area contributed by atoms with Crippen LogP contribution in [0.25, 0.3) is 0 Å². The number of nitrogens with one attached hydrogen (secondary N) is 1. The fourth-order valence-electron chi connectivity index (χ4n) is 1.11. The third kappa shape index (κ3) is 4.59. The first-order chi connectivity index (χ1) is 7.61. The van der Waals surface area contributed by atoms with Crippen molar-refractivity contribution in [1.29, 1.82) is 0 Å². The fourth-order valence-corrected chi connectivity index (χ4v) is 1.55. The Hall–Kier alpha value is -1.14. The second kappa shape index (κ2) is 6.44. The molecule has 1 aromatic carbocycles. The van der Waals surface area contributed by atoms with E-state index < -0.39 is 0 Å².